The van der Waals surface area contributed by atoms with E-state index < -0.39 is 6.10 Å². The monoisotopic (exact) mass is 295 g/mol. The van der Waals surface area contributed by atoms with Crippen LogP contribution in [0, 0.1) is 12.3 Å². The molecule has 2 unspecified atom stereocenters. The summed E-state index contributed by atoms with van der Waals surface area (Å²) in [6.45, 7) is 9.24. The van der Waals surface area contributed by atoms with E-state index in [0.717, 1.165) is 5.75 Å². The number of rotatable bonds is 8. The van der Waals surface area contributed by atoms with Gasteiger partial charge in [0.2, 0.25) is 0 Å². The lowest BCUT2D eigenvalue weighted by Crippen LogP contribution is -2.45. The van der Waals surface area contributed by atoms with Gasteiger partial charge in [0.15, 0.2) is 0 Å². The summed E-state index contributed by atoms with van der Waals surface area (Å²) in [5.74, 6) is 0.766. The Labute approximate surface area is 128 Å². The minimum absolute atomic E-state index is 0.0419. The largest absolute Gasteiger partial charge is 0.491 e. The maximum Gasteiger partial charge on any atom is 0.119 e. The molecular weight excluding hydrogens is 266 g/mol. The second-order valence-corrected chi connectivity index (χ2v) is 6.62. The summed E-state index contributed by atoms with van der Waals surface area (Å²) in [7, 11) is 0. The Morgan fingerprint density at radius 3 is 2.33 bits per heavy atom. The van der Waals surface area contributed by atoms with Gasteiger partial charge in [-0.1, -0.05) is 38.5 Å². The lowest BCUT2D eigenvalue weighted by atomic mass is 9.85. The van der Waals surface area contributed by atoms with Gasteiger partial charge < -0.3 is 20.3 Å². The van der Waals surface area contributed by atoms with Crippen LogP contribution in [0.1, 0.15) is 32.8 Å². The number of hydrogen-bond acceptors (Lipinski definition) is 4. The number of aliphatic hydroxyl groups is 2. The third kappa shape index (κ3) is 6.93. The number of aliphatic hydroxyl groups excluding tert-OH is 2. The number of ether oxygens (including phenoxy) is 1. The Hall–Kier alpha value is -1.10. The van der Waals surface area contributed by atoms with E-state index >= 15 is 0 Å². The fourth-order valence-electron chi connectivity index (χ4n) is 2.13. The molecule has 0 aliphatic rings. The van der Waals surface area contributed by atoms with Crippen molar-refractivity contribution >= 4 is 0 Å². The van der Waals surface area contributed by atoms with Crippen LogP contribution < -0.4 is 10.1 Å². The molecule has 0 fully saturated rings. The first-order chi connectivity index (χ1) is 9.82. The minimum Gasteiger partial charge on any atom is -0.491 e. The molecule has 0 amide bonds. The van der Waals surface area contributed by atoms with Gasteiger partial charge in [0, 0.05) is 19.2 Å². The van der Waals surface area contributed by atoms with E-state index in [4.69, 9.17) is 9.84 Å². The van der Waals surface area contributed by atoms with Crippen LogP contribution in [0.4, 0.5) is 0 Å². The topological polar surface area (TPSA) is 61.7 Å². The molecule has 0 aliphatic heterocycles. The zero-order valence-corrected chi connectivity index (χ0v) is 13.6. The first-order valence-electron chi connectivity index (χ1n) is 7.54. The molecule has 1 rings (SSSR count). The fourth-order valence-corrected chi connectivity index (χ4v) is 2.13. The van der Waals surface area contributed by atoms with Crippen molar-refractivity contribution in [2.75, 3.05) is 19.8 Å². The molecule has 0 spiro atoms. The lowest BCUT2D eigenvalue weighted by Gasteiger charge is -2.32. The molecule has 0 aliphatic carbocycles. The van der Waals surface area contributed by atoms with Crippen LogP contribution in [-0.4, -0.2) is 42.1 Å². The van der Waals surface area contributed by atoms with Crippen LogP contribution in [0.3, 0.4) is 0 Å². The molecule has 0 saturated carbocycles. The van der Waals surface area contributed by atoms with E-state index in [2.05, 4.69) is 26.1 Å². The normalized spacial score (nSPS) is 14.8. The van der Waals surface area contributed by atoms with Gasteiger partial charge in [0.1, 0.15) is 18.5 Å². The summed E-state index contributed by atoms with van der Waals surface area (Å²) in [6.07, 6.45) is 0.101. The molecule has 120 valence electrons. The predicted molar refractivity (Wildman–Crippen MR) is 85.6 cm³/mol. The quantitative estimate of drug-likeness (QED) is 0.687. The van der Waals surface area contributed by atoms with E-state index in [1.165, 1.54) is 5.56 Å². The summed E-state index contributed by atoms with van der Waals surface area (Å²) in [5, 5.41) is 22.4. The van der Waals surface area contributed by atoms with Gasteiger partial charge in [0.25, 0.3) is 0 Å². The molecule has 0 bridgehead atoms. The number of nitrogens with one attached hydrogen (secondary N) is 1. The van der Waals surface area contributed by atoms with Crippen molar-refractivity contribution in [1.29, 1.82) is 0 Å². The Bertz CT molecular complexity index is 397. The Balaban J connectivity index is 2.35. The van der Waals surface area contributed by atoms with E-state index in [9.17, 15) is 5.11 Å². The van der Waals surface area contributed by atoms with Gasteiger partial charge in [-0.2, -0.15) is 0 Å². The molecule has 4 nitrogen and oxygen atoms in total. The summed E-state index contributed by atoms with van der Waals surface area (Å²) < 4.78 is 5.56. The van der Waals surface area contributed by atoms with E-state index in [1.807, 2.05) is 31.2 Å². The van der Waals surface area contributed by atoms with E-state index in [-0.39, 0.29) is 24.7 Å². The molecule has 21 heavy (non-hydrogen) atoms. The molecule has 1 aromatic carbocycles. The Kier molecular flexibility index (Phi) is 7.15. The summed E-state index contributed by atoms with van der Waals surface area (Å²) >= 11 is 0. The smallest absolute Gasteiger partial charge is 0.119 e. The minimum atomic E-state index is -0.574. The number of benzene rings is 1. The van der Waals surface area contributed by atoms with Gasteiger partial charge in [-0.25, -0.2) is 0 Å². The van der Waals surface area contributed by atoms with Crippen molar-refractivity contribution in [2.24, 2.45) is 5.41 Å². The standard InChI is InChI=1S/C17H29NO3/c1-13-5-7-15(8-6-13)21-12-14(20)11-18-16(9-10-19)17(2,3)4/h5-8,14,16,18-20H,9-12H2,1-4H3. The van der Waals surface area contributed by atoms with E-state index in [0.29, 0.717) is 13.0 Å². The van der Waals surface area contributed by atoms with Crippen LogP contribution >= 0.6 is 0 Å². The van der Waals surface area contributed by atoms with Crippen molar-refractivity contribution in [3.05, 3.63) is 29.8 Å². The van der Waals surface area contributed by atoms with Crippen LogP contribution in [0.2, 0.25) is 0 Å². The summed E-state index contributed by atoms with van der Waals surface area (Å²) in [6, 6.07) is 7.93. The van der Waals surface area contributed by atoms with Crippen molar-refractivity contribution < 1.29 is 14.9 Å². The molecule has 0 radical (unpaired) electrons. The third-order valence-electron chi connectivity index (χ3n) is 3.53. The van der Waals surface area contributed by atoms with Gasteiger partial charge >= 0.3 is 0 Å². The van der Waals surface area contributed by atoms with Crippen molar-refractivity contribution in [3.8, 4) is 5.75 Å². The first kappa shape index (κ1) is 18.0. The van der Waals surface area contributed by atoms with Crippen LogP contribution in [0.5, 0.6) is 5.75 Å². The SMILES string of the molecule is Cc1ccc(OCC(O)CNC(CCO)C(C)(C)C)cc1. The molecule has 0 heterocycles. The van der Waals surface area contributed by atoms with Crippen molar-refractivity contribution in [2.45, 2.75) is 46.3 Å². The number of aryl methyl sites for hydroxylation is 1. The third-order valence-corrected chi connectivity index (χ3v) is 3.53. The molecular formula is C17H29NO3. The van der Waals surface area contributed by atoms with Crippen LogP contribution in [-0.2, 0) is 0 Å². The zero-order valence-electron chi connectivity index (χ0n) is 13.6. The van der Waals surface area contributed by atoms with Gasteiger partial charge in [-0.3, -0.25) is 0 Å². The highest BCUT2D eigenvalue weighted by Crippen LogP contribution is 2.21. The van der Waals surface area contributed by atoms with Gasteiger partial charge in [-0.05, 0) is 30.9 Å². The lowest BCUT2D eigenvalue weighted by molar-refractivity contribution is 0.0936. The van der Waals surface area contributed by atoms with Gasteiger partial charge in [-0.15, -0.1) is 0 Å². The second-order valence-electron chi connectivity index (χ2n) is 6.62. The number of hydrogen-bond donors (Lipinski definition) is 3. The van der Waals surface area contributed by atoms with Gasteiger partial charge in [0.05, 0.1) is 0 Å². The van der Waals surface area contributed by atoms with Crippen LogP contribution in [0.15, 0.2) is 24.3 Å². The molecule has 3 N–H and O–H groups in total. The predicted octanol–water partition coefficient (Wildman–Crippen LogP) is 2.12. The zero-order chi connectivity index (χ0) is 15.9. The van der Waals surface area contributed by atoms with Crippen LogP contribution in [0.25, 0.3) is 0 Å². The van der Waals surface area contributed by atoms with E-state index in [1.54, 1.807) is 0 Å². The average Bonchev–Trinajstić information content (AvgIpc) is 2.41. The highest BCUT2D eigenvalue weighted by molar-refractivity contribution is 5.26. The highest BCUT2D eigenvalue weighted by atomic mass is 16.5. The molecule has 0 aromatic heterocycles. The maximum atomic E-state index is 10.00. The molecule has 1 aromatic rings. The fraction of sp³-hybridized carbons (Fsp3) is 0.647. The maximum absolute atomic E-state index is 10.00. The van der Waals surface area contributed by atoms with Crippen molar-refractivity contribution in [3.63, 3.8) is 0 Å². The Morgan fingerprint density at radius 1 is 1.19 bits per heavy atom. The first-order valence-corrected chi connectivity index (χ1v) is 7.54. The molecule has 4 heteroatoms. The summed E-state index contributed by atoms with van der Waals surface area (Å²) in [4.78, 5) is 0. The Morgan fingerprint density at radius 2 is 1.81 bits per heavy atom. The molecule has 0 saturated heterocycles. The highest BCUT2D eigenvalue weighted by Gasteiger charge is 2.24. The van der Waals surface area contributed by atoms with Crippen molar-refractivity contribution in [1.82, 2.24) is 5.32 Å². The average molecular weight is 295 g/mol. The second kappa shape index (κ2) is 8.37. The molecule has 2 atom stereocenters. The summed E-state index contributed by atoms with van der Waals surface area (Å²) in [5.41, 5.74) is 1.22.